The molecule has 2 atom stereocenters. The molecule has 2 aromatic heterocycles. The van der Waals surface area contributed by atoms with Gasteiger partial charge >= 0.3 is 0 Å². The van der Waals surface area contributed by atoms with E-state index in [1.165, 1.54) is 0 Å². The first-order chi connectivity index (χ1) is 14.1. The average Bonchev–Trinajstić information content (AvgIpc) is 3.42. The number of pyridine rings is 1. The van der Waals surface area contributed by atoms with Gasteiger partial charge in [0.2, 0.25) is 0 Å². The Morgan fingerprint density at radius 1 is 1.28 bits per heavy atom. The molecular formula is C21H27N5O3. The second kappa shape index (κ2) is 7.51. The fourth-order valence-corrected chi connectivity index (χ4v) is 4.76. The predicted molar refractivity (Wildman–Crippen MR) is 106 cm³/mol. The Hall–Kier alpha value is -2.29. The molecule has 8 nitrogen and oxygen atoms in total. The Kier molecular flexibility index (Phi) is 4.85. The summed E-state index contributed by atoms with van der Waals surface area (Å²) in [6.45, 7) is 5.88. The Morgan fingerprint density at radius 2 is 2.14 bits per heavy atom. The predicted octanol–water partition coefficient (Wildman–Crippen LogP) is 1.70. The van der Waals surface area contributed by atoms with Gasteiger partial charge in [0.15, 0.2) is 6.10 Å². The lowest BCUT2D eigenvalue weighted by atomic mass is 9.87. The lowest BCUT2D eigenvalue weighted by molar-refractivity contribution is -0.171. The molecule has 0 radical (unpaired) electrons. The van der Waals surface area contributed by atoms with Crippen LogP contribution >= 0.6 is 0 Å². The zero-order chi connectivity index (χ0) is 19.8. The van der Waals surface area contributed by atoms with Gasteiger partial charge in [-0.1, -0.05) is 0 Å². The molecule has 0 saturated carbocycles. The van der Waals surface area contributed by atoms with Gasteiger partial charge in [-0.2, -0.15) is 0 Å². The first-order valence-corrected chi connectivity index (χ1v) is 10.4. The maximum Gasteiger partial charge on any atom is 0.255 e. The molecule has 0 unspecified atom stereocenters. The van der Waals surface area contributed by atoms with Crippen LogP contribution in [-0.4, -0.2) is 63.8 Å². The molecule has 1 N–H and O–H groups in total. The first-order valence-electron chi connectivity index (χ1n) is 10.4. The monoisotopic (exact) mass is 397 g/mol. The van der Waals surface area contributed by atoms with E-state index in [9.17, 15) is 4.79 Å². The minimum absolute atomic E-state index is 0.133. The lowest BCUT2D eigenvalue weighted by Crippen LogP contribution is -2.54. The Labute approximate surface area is 170 Å². The van der Waals surface area contributed by atoms with Crippen LogP contribution < -0.4 is 5.32 Å². The van der Waals surface area contributed by atoms with Crippen LogP contribution in [0.4, 0.5) is 5.69 Å². The number of anilines is 1. The number of amides is 1. The molecule has 154 valence electrons. The van der Waals surface area contributed by atoms with Crippen molar-refractivity contribution in [3.05, 3.63) is 42.2 Å². The molecule has 5 heterocycles. The standard InChI is InChI=1S/C21H27N5O3/c1-15-17(3-2-7-22-15)24-19(27)18-13-26-11-8-23-20(26)21(29-18)5-9-25(10-6-21)16-4-12-28-14-16/h2-3,7-8,11,16,18H,4-6,9-10,12-14H2,1H3,(H,24,27)/t16-,18+/m1/s1. The van der Waals surface area contributed by atoms with Crippen molar-refractivity contribution in [2.24, 2.45) is 0 Å². The highest BCUT2D eigenvalue weighted by Gasteiger charge is 2.48. The number of fused-ring (bicyclic) bond motifs is 2. The average molecular weight is 397 g/mol. The summed E-state index contributed by atoms with van der Waals surface area (Å²) in [6.07, 6.45) is 7.68. The van der Waals surface area contributed by atoms with Crippen molar-refractivity contribution in [1.29, 1.82) is 0 Å². The van der Waals surface area contributed by atoms with E-state index in [0.29, 0.717) is 12.6 Å². The number of imidazole rings is 1. The SMILES string of the molecule is Cc1ncccc1NC(=O)[C@@H]1Cn2ccnc2C2(CCN([C@@H]3CCOC3)CC2)O1. The van der Waals surface area contributed by atoms with Crippen molar-refractivity contribution >= 4 is 11.6 Å². The number of hydrogen-bond donors (Lipinski definition) is 1. The van der Waals surface area contributed by atoms with Crippen molar-refractivity contribution < 1.29 is 14.3 Å². The summed E-state index contributed by atoms with van der Waals surface area (Å²) >= 11 is 0. The van der Waals surface area contributed by atoms with Crippen LogP contribution in [0.25, 0.3) is 0 Å². The molecule has 0 bridgehead atoms. The van der Waals surface area contributed by atoms with E-state index in [1.807, 2.05) is 31.5 Å². The van der Waals surface area contributed by atoms with E-state index < -0.39 is 11.7 Å². The Morgan fingerprint density at radius 3 is 2.90 bits per heavy atom. The van der Waals surface area contributed by atoms with Crippen LogP contribution in [0.1, 0.15) is 30.8 Å². The number of aromatic nitrogens is 3. The quantitative estimate of drug-likeness (QED) is 0.849. The van der Waals surface area contributed by atoms with E-state index in [0.717, 1.165) is 62.8 Å². The van der Waals surface area contributed by atoms with Gasteiger partial charge in [0.05, 0.1) is 24.5 Å². The van der Waals surface area contributed by atoms with Gasteiger partial charge in [0.25, 0.3) is 5.91 Å². The van der Waals surface area contributed by atoms with Crippen LogP contribution in [0.3, 0.4) is 0 Å². The fraction of sp³-hybridized carbons (Fsp3) is 0.571. The Bertz CT molecular complexity index is 884. The highest BCUT2D eigenvalue weighted by atomic mass is 16.5. The molecule has 2 saturated heterocycles. The summed E-state index contributed by atoms with van der Waals surface area (Å²) in [4.78, 5) is 24.4. The number of aryl methyl sites for hydroxylation is 1. The Balaban J connectivity index is 1.34. The third-order valence-corrected chi connectivity index (χ3v) is 6.44. The number of piperidine rings is 1. The molecule has 8 heteroatoms. The molecule has 2 aromatic rings. The summed E-state index contributed by atoms with van der Waals surface area (Å²) in [5, 5.41) is 2.99. The maximum atomic E-state index is 13.0. The van der Waals surface area contributed by atoms with Gasteiger partial charge in [-0.05, 0) is 38.3 Å². The number of likely N-dealkylation sites (tertiary alicyclic amines) is 1. The highest BCUT2D eigenvalue weighted by Crippen LogP contribution is 2.41. The van der Waals surface area contributed by atoms with Crippen LogP contribution in [-0.2, 0) is 26.4 Å². The van der Waals surface area contributed by atoms with Gasteiger partial charge < -0.3 is 19.4 Å². The molecular weight excluding hydrogens is 370 g/mol. The van der Waals surface area contributed by atoms with E-state index in [-0.39, 0.29) is 5.91 Å². The molecule has 1 spiro atoms. The summed E-state index contributed by atoms with van der Waals surface area (Å²) in [7, 11) is 0. The molecule has 5 rings (SSSR count). The third-order valence-electron chi connectivity index (χ3n) is 6.44. The van der Waals surface area contributed by atoms with E-state index in [4.69, 9.17) is 9.47 Å². The molecule has 0 aliphatic carbocycles. The number of nitrogens with zero attached hydrogens (tertiary/aromatic N) is 4. The maximum absolute atomic E-state index is 13.0. The summed E-state index contributed by atoms with van der Waals surface area (Å²) < 4.78 is 14.2. The number of carbonyl (C=O) groups excluding carboxylic acids is 1. The van der Waals surface area contributed by atoms with Crippen molar-refractivity contribution in [1.82, 2.24) is 19.4 Å². The number of carbonyl (C=O) groups is 1. The minimum atomic E-state index is -0.558. The first kappa shape index (κ1) is 18.7. The highest BCUT2D eigenvalue weighted by molar-refractivity contribution is 5.94. The van der Waals surface area contributed by atoms with Gasteiger partial charge in [0, 0.05) is 44.3 Å². The van der Waals surface area contributed by atoms with Crippen LogP contribution in [0.15, 0.2) is 30.7 Å². The van der Waals surface area contributed by atoms with Gasteiger partial charge in [-0.15, -0.1) is 0 Å². The van der Waals surface area contributed by atoms with E-state index in [2.05, 4.69) is 24.8 Å². The number of nitrogens with one attached hydrogen (secondary N) is 1. The topological polar surface area (TPSA) is 81.5 Å². The number of ether oxygens (including phenoxy) is 2. The molecule has 1 amide bonds. The molecule has 2 fully saturated rings. The number of rotatable bonds is 3. The normalized spacial score (nSPS) is 26.4. The van der Waals surface area contributed by atoms with Gasteiger partial charge in [-0.3, -0.25) is 14.7 Å². The van der Waals surface area contributed by atoms with Crippen molar-refractivity contribution in [2.45, 2.75) is 50.5 Å². The van der Waals surface area contributed by atoms with E-state index >= 15 is 0 Å². The summed E-state index contributed by atoms with van der Waals surface area (Å²) in [6, 6.07) is 4.19. The smallest absolute Gasteiger partial charge is 0.255 e. The second-order valence-corrected chi connectivity index (χ2v) is 8.18. The van der Waals surface area contributed by atoms with Crippen LogP contribution in [0, 0.1) is 6.92 Å². The molecule has 0 aromatic carbocycles. The zero-order valence-corrected chi connectivity index (χ0v) is 16.7. The van der Waals surface area contributed by atoms with Gasteiger partial charge in [-0.25, -0.2) is 4.98 Å². The van der Waals surface area contributed by atoms with Crippen LogP contribution in [0.2, 0.25) is 0 Å². The minimum Gasteiger partial charge on any atom is -0.380 e. The molecule has 3 aliphatic rings. The van der Waals surface area contributed by atoms with Crippen molar-refractivity contribution in [3.63, 3.8) is 0 Å². The van der Waals surface area contributed by atoms with Gasteiger partial charge in [0.1, 0.15) is 11.4 Å². The molecule has 3 aliphatic heterocycles. The largest absolute Gasteiger partial charge is 0.380 e. The zero-order valence-electron chi connectivity index (χ0n) is 16.7. The summed E-state index contributed by atoms with van der Waals surface area (Å²) in [5.74, 6) is 0.813. The molecule has 29 heavy (non-hydrogen) atoms. The van der Waals surface area contributed by atoms with Crippen molar-refractivity contribution in [2.75, 3.05) is 31.6 Å². The second-order valence-electron chi connectivity index (χ2n) is 8.18. The summed E-state index contributed by atoms with van der Waals surface area (Å²) in [5.41, 5.74) is 1.01. The van der Waals surface area contributed by atoms with E-state index in [1.54, 1.807) is 6.20 Å². The fourth-order valence-electron chi connectivity index (χ4n) is 4.76. The lowest BCUT2D eigenvalue weighted by Gasteiger charge is -2.46. The van der Waals surface area contributed by atoms with Crippen molar-refractivity contribution in [3.8, 4) is 0 Å². The third kappa shape index (κ3) is 3.45. The van der Waals surface area contributed by atoms with Crippen LogP contribution in [0.5, 0.6) is 0 Å². The number of hydrogen-bond acceptors (Lipinski definition) is 6.